The number of fused-ring (bicyclic) bond motifs is 1. The molecule has 0 atom stereocenters. The van der Waals surface area contributed by atoms with E-state index in [9.17, 15) is 14.7 Å². The molecule has 5 heteroatoms. The number of benzene rings is 1. The number of carboxylic acid groups (broad SMARTS) is 1. The van der Waals surface area contributed by atoms with E-state index >= 15 is 0 Å². The summed E-state index contributed by atoms with van der Waals surface area (Å²) in [5.74, 6) is -1.13. The first-order chi connectivity index (χ1) is 11.1. The number of amides is 1. The van der Waals surface area contributed by atoms with E-state index < -0.39 is 11.5 Å². The number of carboxylic acids is 1. The fraction of sp³-hybridized carbons (Fsp3) is 0.444. The van der Waals surface area contributed by atoms with E-state index in [0.717, 1.165) is 42.1 Å². The first kappa shape index (κ1) is 15.6. The Balaban J connectivity index is 1.75. The van der Waals surface area contributed by atoms with Crippen LogP contribution in [0.15, 0.2) is 30.5 Å². The van der Waals surface area contributed by atoms with Gasteiger partial charge in [0.1, 0.15) is 5.54 Å². The van der Waals surface area contributed by atoms with Crippen LogP contribution in [0.2, 0.25) is 0 Å². The van der Waals surface area contributed by atoms with Crippen molar-refractivity contribution < 1.29 is 14.7 Å². The highest BCUT2D eigenvalue weighted by molar-refractivity contribution is 5.91. The second-order valence-electron chi connectivity index (χ2n) is 6.39. The Labute approximate surface area is 135 Å². The van der Waals surface area contributed by atoms with Crippen molar-refractivity contribution in [3.05, 3.63) is 36.0 Å². The molecule has 1 aliphatic rings. The van der Waals surface area contributed by atoms with Gasteiger partial charge in [0.15, 0.2) is 0 Å². The van der Waals surface area contributed by atoms with Crippen LogP contribution >= 0.6 is 0 Å². The summed E-state index contributed by atoms with van der Waals surface area (Å²) in [6.07, 6.45) is 6.81. The smallest absolute Gasteiger partial charge is 0.329 e. The molecule has 0 bridgehead atoms. The molecule has 1 fully saturated rings. The molecular formula is C18H22N2O3. The van der Waals surface area contributed by atoms with Gasteiger partial charge < -0.3 is 15.4 Å². The first-order valence-corrected chi connectivity index (χ1v) is 8.20. The molecule has 0 radical (unpaired) electrons. The topological polar surface area (TPSA) is 82.2 Å². The van der Waals surface area contributed by atoms with Gasteiger partial charge in [-0.25, -0.2) is 4.79 Å². The molecule has 0 saturated heterocycles. The first-order valence-electron chi connectivity index (χ1n) is 8.20. The molecule has 2 aromatic rings. The lowest BCUT2D eigenvalue weighted by molar-refractivity contribution is -0.148. The minimum Gasteiger partial charge on any atom is -0.480 e. The molecule has 23 heavy (non-hydrogen) atoms. The van der Waals surface area contributed by atoms with Crippen LogP contribution < -0.4 is 5.32 Å². The summed E-state index contributed by atoms with van der Waals surface area (Å²) in [5.41, 5.74) is 0.782. The average molecular weight is 314 g/mol. The van der Waals surface area contributed by atoms with Crippen LogP contribution in [0, 0.1) is 0 Å². The van der Waals surface area contributed by atoms with Gasteiger partial charge in [-0.3, -0.25) is 4.79 Å². The van der Waals surface area contributed by atoms with E-state index in [2.05, 4.69) is 10.3 Å². The highest BCUT2D eigenvalue weighted by Crippen LogP contribution is 2.28. The van der Waals surface area contributed by atoms with E-state index in [1.54, 1.807) is 0 Å². The second kappa shape index (κ2) is 6.44. The normalized spacial score (nSPS) is 17.6. The molecule has 1 aromatic heterocycles. The number of rotatable bonds is 4. The van der Waals surface area contributed by atoms with Gasteiger partial charge in [0.2, 0.25) is 5.91 Å². The zero-order valence-corrected chi connectivity index (χ0v) is 13.1. The Bertz CT molecular complexity index is 712. The summed E-state index contributed by atoms with van der Waals surface area (Å²) in [6.45, 7) is 0. The number of carbonyl (C=O) groups is 2. The monoisotopic (exact) mass is 314 g/mol. The molecular weight excluding hydrogens is 292 g/mol. The number of H-pyrrole nitrogens is 1. The fourth-order valence-corrected chi connectivity index (χ4v) is 3.49. The van der Waals surface area contributed by atoms with E-state index in [4.69, 9.17) is 0 Å². The fourth-order valence-electron chi connectivity index (χ4n) is 3.49. The molecule has 0 unspecified atom stereocenters. The molecule has 1 saturated carbocycles. The summed E-state index contributed by atoms with van der Waals surface area (Å²) in [4.78, 5) is 27.4. The van der Waals surface area contributed by atoms with Crippen molar-refractivity contribution in [3.63, 3.8) is 0 Å². The molecule has 1 aromatic carbocycles. The maximum absolute atomic E-state index is 12.5. The minimum absolute atomic E-state index is 0.193. The molecule has 1 heterocycles. The molecule has 5 nitrogen and oxygen atoms in total. The molecule has 122 valence electrons. The molecule has 0 aliphatic heterocycles. The third-order valence-electron chi connectivity index (χ3n) is 4.77. The van der Waals surface area contributed by atoms with Crippen LogP contribution in [0.4, 0.5) is 0 Å². The predicted octanol–water partition coefficient (Wildman–Crippen LogP) is 3.00. The van der Waals surface area contributed by atoms with Crippen LogP contribution in [0.25, 0.3) is 10.9 Å². The summed E-state index contributed by atoms with van der Waals surface area (Å²) >= 11 is 0. The number of nitrogens with one attached hydrogen (secondary N) is 2. The maximum atomic E-state index is 12.5. The molecule has 3 N–H and O–H groups in total. The Hall–Kier alpha value is -2.30. The van der Waals surface area contributed by atoms with Crippen molar-refractivity contribution >= 4 is 22.8 Å². The third-order valence-corrected chi connectivity index (χ3v) is 4.77. The lowest BCUT2D eigenvalue weighted by atomic mass is 9.90. The Kier molecular flexibility index (Phi) is 4.37. The third kappa shape index (κ3) is 3.23. The van der Waals surface area contributed by atoms with Gasteiger partial charge in [0, 0.05) is 17.1 Å². The summed E-state index contributed by atoms with van der Waals surface area (Å²) < 4.78 is 0. The highest BCUT2D eigenvalue weighted by Gasteiger charge is 2.39. The molecule has 3 rings (SSSR count). The number of hydrogen-bond donors (Lipinski definition) is 3. The summed E-state index contributed by atoms with van der Waals surface area (Å²) in [5, 5.41) is 13.5. The lowest BCUT2D eigenvalue weighted by Crippen LogP contribution is -2.54. The number of aromatic amines is 1. The van der Waals surface area contributed by atoms with Crippen molar-refractivity contribution in [2.45, 2.75) is 50.5 Å². The predicted molar refractivity (Wildman–Crippen MR) is 88.2 cm³/mol. The van der Waals surface area contributed by atoms with Gasteiger partial charge in [-0.2, -0.15) is 0 Å². The lowest BCUT2D eigenvalue weighted by Gasteiger charge is -2.29. The Morgan fingerprint density at radius 2 is 1.83 bits per heavy atom. The van der Waals surface area contributed by atoms with Gasteiger partial charge in [-0.15, -0.1) is 0 Å². The van der Waals surface area contributed by atoms with Crippen molar-refractivity contribution in [2.75, 3.05) is 0 Å². The van der Waals surface area contributed by atoms with E-state index in [0.29, 0.717) is 12.8 Å². The SMILES string of the molecule is O=C(Cc1c[nH]c2ccccc12)NC1(C(=O)O)CCCCCC1. The Morgan fingerprint density at radius 3 is 2.52 bits per heavy atom. The second-order valence-corrected chi connectivity index (χ2v) is 6.39. The number of aliphatic carboxylic acids is 1. The zero-order chi connectivity index (χ0) is 16.3. The van der Waals surface area contributed by atoms with Gasteiger partial charge >= 0.3 is 5.97 Å². The van der Waals surface area contributed by atoms with Crippen molar-refractivity contribution in [1.82, 2.24) is 10.3 Å². The van der Waals surface area contributed by atoms with Crippen molar-refractivity contribution in [2.24, 2.45) is 0 Å². The van der Waals surface area contributed by atoms with E-state index in [1.807, 2.05) is 30.5 Å². The largest absolute Gasteiger partial charge is 0.480 e. The number of carbonyl (C=O) groups excluding carboxylic acids is 1. The van der Waals surface area contributed by atoms with E-state index in [1.165, 1.54) is 0 Å². The van der Waals surface area contributed by atoms with Crippen molar-refractivity contribution in [1.29, 1.82) is 0 Å². The Morgan fingerprint density at radius 1 is 1.13 bits per heavy atom. The molecule has 1 aliphatic carbocycles. The maximum Gasteiger partial charge on any atom is 0.329 e. The quantitative estimate of drug-likeness (QED) is 0.759. The van der Waals surface area contributed by atoms with Gasteiger partial charge in [0.25, 0.3) is 0 Å². The summed E-state index contributed by atoms with van der Waals surface area (Å²) in [7, 11) is 0. The number of para-hydroxylation sites is 1. The zero-order valence-electron chi connectivity index (χ0n) is 13.1. The van der Waals surface area contributed by atoms with Gasteiger partial charge in [-0.05, 0) is 24.5 Å². The number of hydrogen-bond acceptors (Lipinski definition) is 2. The summed E-state index contributed by atoms with van der Waals surface area (Å²) in [6, 6.07) is 7.79. The van der Waals surface area contributed by atoms with Gasteiger partial charge in [-0.1, -0.05) is 43.9 Å². The molecule has 1 amide bonds. The van der Waals surface area contributed by atoms with Crippen LogP contribution in [-0.2, 0) is 16.0 Å². The van der Waals surface area contributed by atoms with Crippen LogP contribution in [0.1, 0.15) is 44.1 Å². The van der Waals surface area contributed by atoms with Crippen LogP contribution in [0.5, 0.6) is 0 Å². The van der Waals surface area contributed by atoms with Crippen LogP contribution in [0.3, 0.4) is 0 Å². The van der Waals surface area contributed by atoms with Crippen molar-refractivity contribution in [3.8, 4) is 0 Å². The van der Waals surface area contributed by atoms with Crippen LogP contribution in [-0.4, -0.2) is 27.5 Å². The standard InChI is InChI=1S/C18H22N2O3/c21-16(11-13-12-19-15-8-4-3-7-14(13)15)20-18(17(22)23)9-5-1-2-6-10-18/h3-4,7-8,12,19H,1-2,5-6,9-11H2,(H,20,21)(H,22,23). The highest BCUT2D eigenvalue weighted by atomic mass is 16.4. The minimum atomic E-state index is -1.10. The molecule has 0 spiro atoms. The average Bonchev–Trinajstić information content (AvgIpc) is 2.77. The van der Waals surface area contributed by atoms with Gasteiger partial charge in [0.05, 0.1) is 6.42 Å². The van der Waals surface area contributed by atoms with E-state index in [-0.39, 0.29) is 12.3 Å². The number of aromatic nitrogens is 1.